The Labute approximate surface area is 157 Å². The van der Waals surface area contributed by atoms with Crippen LogP contribution < -0.4 is 10.5 Å². The SMILES string of the molecule is CC(Oc1ccc(Cl)cc1[N+](=O)[O-])C(=O)N1CCC(OCCCN)CC1. The molecule has 144 valence electrons. The van der Waals surface area contributed by atoms with Crippen LogP contribution in [0.4, 0.5) is 5.69 Å². The lowest BCUT2D eigenvalue weighted by Gasteiger charge is -2.33. The second-order valence-electron chi connectivity index (χ2n) is 6.17. The van der Waals surface area contributed by atoms with Gasteiger partial charge in [-0.25, -0.2) is 0 Å². The van der Waals surface area contributed by atoms with E-state index in [1.54, 1.807) is 11.8 Å². The van der Waals surface area contributed by atoms with Crippen LogP contribution in [0.25, 0.3) is 0 Å². The van der Waals surface area contributed by atoms with Gasteiger partial charge in [0.1, 0.15) is 0 Å². The Bertz CT molecular complexity index is 635. The average molecular weight is 386 g/mol. The molecule has 1 aliphatic heterocycles. The quantitative estimate of drug-likeness (QED) is 0.418. The number of benzene rings is 1. The fraction of sp³-hybridized carbons (Fsp3) is 0.588. The van der Waals surface area contributed by atoms with Gasteiger partial charge in [-0.1, -0.05) is 11.6 Å². The van der Waals surface area contributed by atoms with Crippen molar-refractivity contribution in [1.29, 1.82) is 0 Å². The molecule has 8 nitrogen and oxygen atoms in total. The van der Waals surface area contributed by atoms with Crippen molar-refractivity contribution in [3.63, 3.8) is 0 Å². The highest BCUT2D eigenvalue weighted by molar-refractivity contribution is 6.30. The van der Waals surface area contributed by atoms with E-state index in [1.807, 2.05) is 0 Å². The first-order chi connectivity index (χ1) is 12.4. The molecule has 1 aliphatic rings. The molecule has 9 heteroatoms. The van der Waals surface area contributed by atoms with Crippen molar-refractivity contribution in [2.45, 2.75) is 38.4 Å². The molecule has 1 fully saturated rings. The van der Waals surface area contributed by atoms with Crippen LogP contribution in [0.1, 0.15) is 26.2 Å². The highest BCUT2D eigenvalue weighted by Crippen LogP contribution is 2.31. The molecule has 2 rings (SSSR count). The zero-order valence-electron chi connectivity index (χ0n) is 14.7. The number of piperidine rings is 1. The number of nitrogens with zero attached hydrogens (tertiary/aromatic N) is 2. The highest BCUT2D eigenvalue weighted by atomic mass is 35.5. The summed E-state index contributed by atoms with van der Waals surface area (Å²) in [7, 11) is 0. The van der Waals surface area contributed by atoms with Gasteiger partial charge in [0, 0.05) is 30.8 Å². The van der Waals surface area contributed by atoms with Crippen molar-refractivity contribution in [3.05, 3.63) is 33.3 Å². The van der Waals surface area contributed by atoms with Crippen molar-refractivity contribution in [2.24, 2.45) is 5.73 Å². The Hall–Kier alpha value is -1.90. The van der Waals surface area contributed by atoms with Gasteiger partial charge in [-0.2, -0.15) is 0 Å². The lowest BCUT2D eigenvalue weighted by molar-refractivity contribution is -0.386. The van der Waals surface area contributed by atoms with E-state index in [-0.39, 0.29) is 28.5 Å². The van der Waals surface area contributed by atoms with Crippen molar-refractivity contribution >= 4 is 23.2 Å². The third-order valence-electron chi connectivity index (χ3n) is 4.22. The molecule has 0 aromatic heterocycles. The van der Waals surface area contributed by atoms with Crippen LogP contribution >= 0.6 is 11.6 Å². The largest absolute Gasteiger partial charge is 0.474 e. The van der Waals surface area contributed by atoms with E-state index in [4.69, 9.17) is 26.8 Å². The molecule has 1 heterocycles. The van der Waals surface area contributed by atoms with Gasteiger partial charge in [0.25, 0.3) is 5.91 Å². The van der Waals surface area contributed by atoms with Gasteiger partial charge in [0.2, 0.25) is 0 Å². The van der Waals surface area contributed by atoms with E-state index < -0.39 is 11.0 Å². The molecule has 1 aromatic rings. The van der Waals surface area contributed by atoms with Gasteiger partial charge >= 0.3 is 5.69 Å². The van der Waals surface area contributed by atoms with Crippen LogP contribution in [-0.2, 0) is 9.53 Å². The maximum Gasteiger partial charge on any atom is 0.312 e. The molecule has 0 saturated carbocycles. The van der Waals surface area contributed by atoms with E-state index in [1.165, 1.54) is 18.2 Å². The summed E-state index contributed by atoms with van der Waals surface area (Å²) in [6.45, 7) is 3.97. The minimum Gasteiger partial charge on any atom is -0.474 e. The molecular weight excluding hydrogens is 362 g/mol. The van der Waals surface area contributed by atoms with Crippen LogP contribution in [0.5, 0.6) is 5.75 Å². The van der Waals surface area contributed by atoms with Gasteiger partial charge in [-0.3, -0.25) is 14.9 Å². The maximum atomic E-state index is 12.6. The number of nitrogens with two attached hydrogens (primary N) is 1. The first kappa shape index (κ1) is 20.4. The minimum atomic E-state index is -0.829. The molecular formula is C17H24ClN3O5. The highest BCUT2D eigenvalue weighted by Gasteiger charge is 2.28. The minimum absolute atomic E-state index is 0.0280. The number of nitro groups is 1. The van der Waals surface area contributed by atoms with E-state index in [2.05, 4.69) is 0 Å². The number of rotatable bonds is 8. The molecule has 1 unspecified atom stereocenters. The second-order valence-corrected chi connectivity index (χ2v) is 6.60. The molecule has 0 radical (unpaired) electrons. The molecule has 0 aliphatic carbocycles. The molecule has 1 saturated heterocycles. The summed E-state index contributed by atoms with van der Waals surface area (Å²) in [6, 6.07) is 4.10. The molecule has 1 amide bonds. The van der Waals surface area contributed by atoms with Gasteiger partial charge in [-0.05, 0) is 44.9 Å². The number of amides is 1. The van der Waals surface area contributed by atoms with Crippen LogP contribution in [0.15, 0.2) is 18.2 Å². The van der Waals surface area contributed by atoms with E-state index >= 15 is 0 Å². The van der Waals surface area contributed by atoms with Crippen LogP contribution in [0.2, 0.25) is 5.02 Å². The Balaban J connectivity index is 1.90. The zero-order valence-corrected chi connectivity index (χ0v) is 15.5. The summed E-state index contributed by atoms with van der Waals surface area (Å²) < 4.78 is 11.3. The van der Waals surface area contributed by atoms with Crippen molar-refractivity contribution < 1.29 is 19.2 Å². The lowest BCUT2D eigenvalue weighted by atomic mass is 10.1. The Morgan fingerprint density at radius 3 is 2.77 bits per heavy atom. The third kappa shape index (κ3) is 5.55. The third-order valence-corrected chi connectivity index (χ3v) is 4.46. The zero-order chi connectivity index (χ0) is 19.1. The molecule has 0 spiro atoms. The van der Waals surface area contributed by atoms with Crippen LogP contribution in [-0.4, -0.2) is 54.2 Å². The van der Waals surface area contributed by atoms with Crippen molar-refractivity contribution in [1.82, 2.24) is 4.90 Å². The fourth-order valence-electron chi connectivity index (χ4n) is 2.81. The standard InChI is InChI=1S/C17H24ClN3O5/c1-12(26-16-4-3-13(18)11-15(16)21(23)24)17(22)20-8-5-14(6-9-20)25-10-2-7-19/h3-4,11-12,14H,2,5-10,19H2,1H3. The summed E-state index contributed by atoms with van der Waals surface area (Å²) in [5, 5.41) is 11.4. The predicted octanol–water partition coefficient (Wildman–Crippen LogP) is 2.37. The Morgan fingerprint density at radius 1 is 1.46 bits per heavy atom. The van der Waals surface area contributed by atoms with E-state index in [9.17, 15) is 14.9 Å². The number of hydrogen-bond acceptors (Lipinski definition) is 6. The summed E-state index contributed by atoms with van der Waals surface area (Å²) in [4.78, 5) is 24.8. The predicted molar refractivity (Wildman–Crippen MR) is 97.4 cm³/mol. The number of nitro benzene ring substituents is 1. The summed E-state index contributed by atoms with van der Waals surface area (Å²) in [6.07, 6.45) is 1.64. The first-order valence-electron chi connectivity index (χ1n) is 8.63. The number of hydrogen-bond donors (Lipinski definition) is 1. The van der Waals surface area contributed by atoms with Gasteiger partial charge in [0.15, 0.2) is 11.9 Å². The van der Waals surface area contributed by atoms with Gasteiger partial charge in [-0.15, -0.1) is 0 Å². The topological polar surface area (TPSA) is 108 Å². The molecule has 1 aromatic carbocycles. The van der Waals surface area contributed by atoms with E-state index in [0.29, 0.717) is 26.2 Å². The number of ether oxygens (including phenoxy) is 2. The monoisotopic (exact) mass is 385 g/mol. The van der Waals surface area contributed by atoms with Crippen molar-refractivity contribution in [2.75, 3.05) is 26.2 Å². The first-order valence-corrected chi connectivity index (χ1v) is 9.01. The van der Waals surface area contributed by atoms with Gasteiger partial charge in [0.05, 0.1) is 11.0 Å². The molecule has 2 N–H and O–H groups in total. The normalized spacial score (nSPS) is 16.3. The smallest absolute Gasteiger partial charge is 0.312 e. The molecule has 0 bridgehead atoms. The summed E-state index contributed by atoms with van der Waals surface area (Å²) in [5.41, 5.74) is 5.18. The fourth-order valence-corrected chi connectivity index (χ4v) is 2.97. The number of halogens is 1. The summed E-state index contributed by atoms with van der Waals surface area (Å²) in [5.74, 6) is -0.171. The second kappa shape index (κ2) is 9.70. The van der Waals surface area contributed by atoms with Crippen LogP contribution in [0, 0.1) is 10.1 Å². The molecule has 26 heavy (non-hydrogen) atoms. The summed E-state index contributed by atoms with van der Waals surface area (Å²) >= 11 is 5.79. The number of likely N-dealkylation sites (tertiary alicyclic amines) is 1. The van der Waals surface area contributed by atoms with Crippen LogP contribution in [0.3, 0.4) is 0 Å². The average Bonchev–Trinajstić information content (AvgIpc) is 2.63. The lowest BCUT2D eigenvalue weighted by Crippen LogP contribution is -2.46. The van der Waals surface area contributed by atoms with Gasteiger partial charge < -0.3 is 20.1 Å². The maximum absolute atomic E-state index is 12.6. The Morgan fingerprint density at radius 2 is 2.15 bits per heavy atom. The molecule has 1 atom stereocenters. The number of carbonyl (C=O) groups excluding carboxylic acids is 1. The Kier molecular flexibility index (Phi) is 7.62. The van der Waals surface area contributed by atoms with E-state index in [0.717, 1.165) is 19.3 Å². The number of carbonyl (C=O) groups is 1. The van der Waals surface area contributed by atoms with Crippen molar-refractivity contribution in [3.8, 4) is 5.75 Å².